The van der Waals surface area contributed by atoms with Gasteiger partial charge in [0.15, 0.2) is 0 Å². The summed E-state index contributed by atoms with van der Waals surface area (Å²) in [6.45, 7) is 4.36. The molecule has 0 unspecified atom stereocenters. The largest absolute Gasteiger partial charge is 0.392 e. The third-order valence-corrected chi connectivity index (χ3v) is 5.59. The molecule has 2 aliphatic heterocycles. The van der Waals surface area contributed by atoms with Crippen LogP contribution in [0, 0.1) is 0 Å². The van der Waals surface area contributed by atoms with E-state index in [1.807, 2.05) is 0 Å². The quantitative estimate of drug-likeness (QED) is 0.689. The highest BCUT2D eigenvalue weighted by molar-refractivity contribution is 7.86. The van der Waals surface area contributed by atoms with Crippen molar-refractivity contribution >= 4 is 27.4 Å². The molecule has 2 saturated heterocycles. The maximum Gasteiger partial charge on any atom is 0.282 e. The number of thiocarbonyl (C=S) groups is 1. The summed E-state index contributed by atoms with van der Waals surface area (Å²) in [4.78, 5) is 2.56. The van der Waals surface area contributed by atoms with Crippen LogP contribution in [0.3, 0.4) is 0 Å². The second-order valence-corrected chi connectivity index (χ2v) is 7.21. The Morgan fingerprint density at radius 1 is 1.00 bits per heavy atom. The van der Waals surface area contributed by atoms with Gasteiger partial charge in [-0.15, -0.1) is 0 Å². The van der Waals surface area contributed by atoms with E-state index in [1.165, 1.54) is 0 Å². The van der Waals surface area contributed by atoms with Gasteiger partial charge in [0.25, 0.3) is 10.2 Å². The fraction of sp³-hybridized carbons (Fsp3) is 0.900. The third-order valence-electron chi connectivity index (χ3n) is 3.43. The maximum atomic E-state index is 12.3. The second-order valence-electron chi connectivity index (χ2n) is 4.76. The first-order valence-electron chi connectivity index (χ1n) is 6.26. The fourth-order valence-corrected chi connectivity index (χ4v) is 4.27. The first-order valence-corrected chi connectivity index (χ1v) is 8.06. The average molecular weight is 292 g/mol. The van der Waals surface area contributed by atoms with Gasteiger partial charge in [0.1, 0.15) is 0 Å². The lowest BCUT2D eigenvalue weighted by Crippen LogP contribution is -2.53. The van der Waals surface area contributed by atoms with Crippen LogP contribution < -0.4 is 5.73 Å². The van der Waals surface area contributed by atoms with Gasteiger partial charge in [-0.3, -0.25) is 4.90 Å². The molecule has 2 rings (SSSR count). The lowest BCUT2D eigenvalue weighted by Gasteiger charge is -2.35. The molecule has 2 N–H and O–H groups in total. The monoisotopic (exact) mass is 292 g/mol. The zero-order valence-corrected chi connectivity index (χ0v) is 12.0. The zero-order chi connectivity index (χ0) is 13.2. The molecule has 0 atom stereocenters. The molecule has 0 saturated carbocycles. The van der Waals surface area contributed by atoms with Crippen molar-refractivity contribution in [3.63, 3.8) is 0 Å². The zero-order valence-electron chi connectivity index (χ0n) is 10.4. The lowest BCUT2D eigenvalue weighted by molar-refractivity contribution is 0.202. The van der Waals surface area contributed by atoms with Crippen LogP contribution in [0.5, 0.6) is 0 Å². The average Bonchev–Trinajstić information content (AvgIpc) is 2.83. The molecular weight excluding hydrogens is 272 g/mol. The second kappa shape index (κ2) is 5.79. The number of nitrogens with zero attached hydrogens (tertiary/aromatic N) is 3. The predicted molar refractivity (Wildman–Crippen MR) is 74.5 cm³/mol. The standard InChI is InChI=1S/C10H20N4O2S2/c11-10(17)9-12-5-7-14(8-6-12)18(15,16)13-3-1-2-4-13/h1-9H2,(H2,11,17). The summed E-state index contributed by atoms with van der Waals surface area (Å²) in [6.07, 6.45) is 1.95. The molecule has 0 radical (unpaired) electrons. The van der Waals surface area contributed by atoms with Gasteiger partial charge >= 0.3 is 0 Å². The van der Waals surface area contributed by atoms with Crippen molar-refractivity contribution in [1.82, 2.24) is 13.5 Å². The Bertz CT molecular complexity index is 398. The van der Waals surface area contributed by atoms with E-state index in [1.54, 1.807) is 8.61 Å². The maximum absolute atomic E-state index is 12.3. The Morgan fingerprint density at radius 2 is 1.50 bits per heavy atom. The van der Waals surface area contributed by atoms with E-state index >= 15 is 0 Å². The molecule has 18 heavy (non-hydrogen) atoms. The molecule has 0 amide bonds. The summed E-state index contributed by atoms with van der Waals surface area (Å²) in [6, 6.07) is 0. The molecule has 0 aromatic carbocycles. The molecule has 104 valence electrons. The predicted octanol–water partition coefficient (Wildman–Crippen LogP) is -0.769. The van der Waals surface area contributed by atoms with Gasteiger partial charge in [0, 0.05) is 45.8 Å². The van der Waals surface area contributed by atoms with Crippen molar-refractivity contribution in [3.05, 3.63) is 0 Å². The molecule has 2 fully saturated rings. The SMILES string of the molecule is NC(=S)CN1CCN(S(=O)(=O)N2CCCC2)CC1. The van der Waals surface area contributed by atoms with Gasteiger partial charge in [-0.05, 0) is 12.8 Å². The van der Waals surface area contributed by atoms with Crippen LogP contribution >= 0.6 is 12.2 Å². The normalized spacial score (nSPS) is 24.4. The van der Waals surface area contributed by atoms with Crippen molar-refractivity contribution in [2.24, 2.45) is 5.73 Å². The minimum absolute atomic E-state index is 0.464. The summed E-state index contributed by atoms with van der Waals surface area (Å²) < 4.78 is 27.8. The molecule has 6 nitrogen and oxygen atoms in total. The Morgan fingerprint density at radius 3 is 2.00 bits per heavy atom. The molecule has 2 aliphatic rings. The van der Waals surface area contributed by atoms with Gasteiger partial charge in [0.05, 0.1) is 4.99 Å². The number of piperazine rings is 1. The Labute approximate surface area is 114 Å². The molecular formula is C10H20N4O2S2. The first kappa shape index (κ1) is 14.1. The molecule has 0 bridgehead atoms. The van der Waals surface area contributed by atoms with Crippen LogP contribution in [0.1, 0.15) is 12.8 Å². The van der Waals surface area contributed by atoms with E-state index < -0.39 is 10.2 Å². The highest BCUT2D eigenvalue weighted by atomic mass is 32.2. The fourth-order valence-electron chi connectivity index (χ4n) is 2.42. The molecule has 0 aliphatic carbocycles. The summed E-state index contributed by atoms with van der Waals surface area (Å²) in [5.74, 6) is 0. The van der Waals surface area contributed by atoms with E-state index in [4.69, 9.17) is 18.0 Å². The molecule has 0 aromatic heterocycles. The smallest absolute Gasteiger partial charge is 0.282 e. The van der Waals surface area contributed by atoms with Crippen molar-refractivity contribution in [3.8, 4) is 0 Å². The Kier molecular flexibility index (Phi) is 4.54. The highest BCUT2D eigenvalue weighted by Gasteiger charge is 2.33. The summed E-state index contributed by atoms with van der Waals surface area (Å²) in [5, 5.41) is 0. The Balaban J connectivity index is 1.90. The summed E-state index contributed by atoms with van der Waals surface area (Å²) in [5.41, 5.74) is 5.49. The minimum atomic E-state index is -3.24. The van der Waals surface area contributed by atoms with Crippen LogP contribution in [0.25, 0.3) is 0 Å². The number of hydrogen-bond donors (Lipinski definition) is 1. The van der Waals surface area contributed by atoms with Crippen LogP contribution in [-0.2, 0) is 10.2 Å². The minimum Gasteiger partial charge on any atom is -0.392 e. The van der Waals surface area contributed by atoms with Crippen LogP contribution in [-0.4, -0.2) is 72.7 Å². The van der Waals surface area contributed by atoms with Gasteiger partial charge in [0.2, 0.25) is 0 Å². The number of hydrogen-bond acceptors (Lipinski definition) is 4. The third kappa shape index (κ3) is 3.18. The van der Waals surface area contributed by atoms with Crippen molar-refractivity contribution < 1.29 is 8.42 Å². The van der Waals surface area contributed by atoms with Crippen LogP contribution in [0.15, 0.2) is 0 Å². The van der Waals surface area contributed by atoms with Crippen molar-refractivity contribution in [1.29, 1.82) is 0 Å². The van der Waals surface area contributed by atoms with Gasteiger partial charge in [-0.2, -0.15) is 17.0 Å². The topological polar surface area (TPSA) is 69.9 Å². The molecule has 0 spiro atoms. The van der Waals surface area contributed by atoms with Crippen molar-refractivity contribution in [2.75, 3.05) is 45.8 Å². The van der Waals surface area contributed by atoms with Crippen LogP contribution in [0.4, 0.5) is 0 Å². The van der Waals surface area contributed by atoms with E-state index in [-0.39, 0.29) is 0 Å². The Hall–Kier alpha value is -0.280. The summed E-state index contributed by atoms with van der Waals surface area (Å²) >= 11 is 4.86. The number of nitrogens with two attached hydrogens (primary N) is 1. The molecule has 0 aromatic rings. The van der Waals surface area contributed by atoms with Crippen molar-refractivity contribution in [2.45, 2.75) is 12.8 Å². The van der Waals surface area contributed by atoms with E-state index in [0.29, 0.717) is 50.8 Å². The highest BCUT2D eigenvalue weighted by Crippen LogP contribution is 2.17. The molecule has 2 heterocycles. The van der Waals surface area contributed by atoms with Gasteiger partial charge in [-0.25, -0.2) is 0 Å². The molecule has 8 heteroatoms. The van der Waals surface area contributed by atoms with E-state index in [2.05, 4.69) is 4.90 Å². The summed E-state index contributed by atoms with van der Waals surface area (Å²) in [7, 11) is -3.24. The van der Waals surface area contributed by atoms with E-state index in [9.17, 15) is 8.42 Å². The van der Waals surface area contributed by atoms with E-state index in [0.717, 1.165) is 12.8 Å². The first-order chi connectivity index (χ1) is 8.50. The lowest BCUT2D eigenvalue weighted by atomic mass is 10.3. The van der Waals surface area contributed by atoms with Gasteiger partial charge in [-0.1, -0.05) is 12.2 Å². The van der Waals surface area contributed by atoms with Crippen LogP contribution in [0.2, 0.25) is 0 Å². The number of rotatable bonds is 4. The van der Waals surface area contributed by atoms with Gasteiger partial charge < -0.3 is 5.73 Å².